The van der Waals surface area contributed by atoms with Crippen molar-refractivity contribution in [3.63, 3.8) is 0 Å². The van der Waals surface area contributed by atoms with Crippen molar-refractivity contribution in [3.8, 4) is 0 Å². The van der Waals surface area contributed by atoms with E-state index in [1.165, 1.54) is 4.90 Å². The first-order valence-electron chi connectivity index (χ1n) is 4.13. The Bertz CT molecular complexity index is 194. The lowest BCUT2D eigenvalue weighted by molar-refractivity contribution is -0.138. The van der Waals surface area contributed by atoms with E-state index in [-0.39, 0.29) is 24.9 Å². The third-order valence-electron chi connectivity index (χ3n) is 1.84. The summed E-state index contributed by atoms with van der Waals surface area (Å²) in [6, 6.07) is -0.265. The summed E-state index contributed by atoms with van der Waals surface area (Å²) in [4.78, 5) is 23.0. The van der Waals surface area contributed by atoms with Gasteiger partial charge in [-0.05, 0) is 14.0 Å². The average Bonchev–Trinajstić information content (AvgIpc) is 2.11. The molecule has 13 heavy (non-hydrogen) atoms. The van der Waals surface area contributed by atoms with Crippen molar-refractivity contribution in [2.75, 3.05) is 20.6 Å². The lowest BCUT2D eigenvalue weighted by Crippen LogP contribution is -2.42. The van der Waals surface area contributed by atoms with Crippen LogP contribution < -0.4 is 5.32 Å². The molecule has 0 aromatic carbocycles. The zero-order valence-electron chi connectivity index (χ0n) is 8.20. The van der Waals surface area contributed by atoms with E-state index >= 15 is 0 Å². The second kappa shape index (κ2) is 5.53. The number of amides is 1. The fourth-order valence-corrected chi connectivity index (χ4v) is 0.828. The normalized spacial score (nSPS) is 12.2. The SMILES string of the molecule is CNC(C)C(=O)N(C)CCC(=O)O. The molecule has 0 fully saturated rings. The van der Waals surface area contributed by atoms with Gasteiger partial charge in [-0.2, -0.15) is 0 Å². The average molecular weight is 188 g/mol. The van der Waals surface area contributed by atoms with E-state index in [2.05, 4.69) is 5.32 Å². The molecule has 1 atom stereocenters. The molecule has 0 rings (SSSR count). The van der Waals surface area contributed by atoms with Crippen molar-refractivity contribution in [2.24, 2.45) is 0 Å². The van der Waals surface area contributed by atoms with Gasteiger partial charge in [0.05, 0.1) is 12.5 Å². The summed E-state index contributed by atoms with van der Waals surface area (Å²) in [6.45, 7) is 1.99. The van der Waals surface area contributed by atoms with Gasteiger partial charge in [0.25, 0.3) is 0 Å². The molecule has 2 N–H and O–H groups in total. The molecule has 0 saturated carbocycles. The van der Waals surface area contributed by atoms with Gasteiger partial charge in [-0.1, -0.05) is 0 Å². The molecular weight excluding hydrogens is 172 g/mol. The number of carbonyl (C=O) groups excluding carboxylic acids is 1. The van der Waals surface area contributed by atoms with Gasteiger partial charge in [-0.3, -0.25) is 9.59 Å². The summed E-state index contributed by atoms with van der Waals surface area (Å²) >= 11 is 0. The van der Waals surface area contributed by atoms with Gasteiger partial charge in [0, 0.05) is 13.6 Å². The summed E-state index contributed by atoms with van der Waals surface area (Å²) in [5.41, 5.74) is 0. The Hall–Kier alpha value is -1.10. The molecule has 76 valence electrons. The number of hydrogen-bond acceptors (Lipinski definition) is 3. The van der Waals surface area contributed by atoms with Gasteiger partial charge < -0.3 is 15.3 Å². The Labute approximate surface area is 77.7 Å². The first kappa shape index (κ1) is 11.9. The molecule has 0 aliphatic heterocycles. The zero-order chi connectivity index (χ0) is 10.4. The molecule has 0 aliphatic rings. The number of nitrogens with one attached hydrogen (secondary N) is 1. The van der Waals surface area contributed by atoms with Crippen LogP contribution in [0.15, 0.2) is 0 Å². The summed E-state index contributed by atoms with van der Waals surface area (Å²) < 4.78 is 0. The Kier molecular flexibility index (Phi) is 5.06. The van der Waals surface area contributed by atoms with Crippen LogP contribution in [0.5, 0.6) is 0 Å². The lowest BCUT2D eigenvalue weighted by atomic mass is 10.3. The maximum absolute atomic E-state index is 11.4. The number of carboxylic acids is 1. The third-order valence-corrected chi connectivity index (χ3v) is 1.84. The minimum absolute atomic E-state index is 0.0152. The standard InChI is InChI=1S/C8H16N2O3/c1-6(9-2)8(13)10(3)5-4-7(11)12/h6,9H,4-5H2,1-3H3,(H,11,12). The highest BCUT2D eigenvalue weighted by molar-refractivity contribution is 5.81. The molecular formula is C8H16N2O3. The fraction of sp³-hybridized carbons (Fsp3) is 0.750. The minimum Gasteiger partial charge on any atom is -0.481 e. The Balaban J connectivity index is 3.89. The van der Waals surface area contributed by atoms with Crippen LogP contribution in [0.1, 0.15) is 13.3 Å². The van der Waals surface area contributed by atoms with Crippen molar-refractivity contribution >= 4 is 11.9 Å². The molecule has 0 radical (unpaired) electrons. The van der Waals surface area contributed by atoms with Crippen LogP contribution in [-0.2, 0) is 9.59 Å². The van der Waals surface area contributed by atoms with Gasteiger partial charge in [0.2, 0.25) is 5.91 Å². The van der Waals surface area contributed by atoms with E-state index in [0.29, 0.717) is 0 Å². The molecule has 5 nitrogen and oxygen atoms in total. The van der Waals surface area contributed by atoms with E-state index < -0.39 is 5.97 Å². The number of carbonyl (C=O) groups is 2. The highest BCUT2D eigenvalue weighted by atomic mass is 16.4. The highest BCUT2D eigenvalue weighted by Crippen LogP contribution is 1.93. The van der Waals surface area contributed by atoms with Crippen LogP contribution in [0, 0.1) is 0 Å². The predicted molar refractivity (Wildman–Crippen MR) is 48.4 cm³/mol. The van der Waals surface area contributed by atoms with Crippen LogP contribution in [-0.4, -0.2) is 48.6 Å². The number of nitrogens with zero attached hydrogens (tertiary/aromatic N) is 1. The molecule has 1 unspecified atom stereocenters. The maximum atomic E-state index is 11.4. The Morgan fingerprint density at radius 2 is 2.08 bits per heavy atom. The molecule has 0 spiro atoms. The van der Waals surface area contributed by atoms with Gasteiger partial charge in [0.1, 0.15) is 0 Å². The van der Waals surface area contributed by atoms with Crippen LogP contribution >= 0.6 is 0 Å². The largest absolute Gasteiger partial charge is 0.481 e. The number of hydrogen-bond donors (Lipinski definition) is 2. The highest BCUT2D eigenvalue weighted by Gasteiger charge is 2.15. The smallest absolute Gasteiger partial charge is 0.305 e. The van der Waals surface area contributed by atoms with Crippen molar-refractivity contribution in [2.45, 2.75) is 19.4 Å². The van der Waals surface area contributed by atoms with Crippen molar-refractivity contribution in [3.05, 3.63) is 0 Å². The summed E-state index contributed by atoms with van der Waals surface area (Å²) in [7, 11) is 3.28. The van der Waals surface area contributed by atoms with E-state index in [9.17, 15) is 9.59 Å². The molecule has 0 heterocycles. The quantitative estimate of drug-likeness (QED) is 0.612. The fourth-order valence-electron chi connectivity index (χ4n) is 0.828. The van der Waals surface area contributed by atoms with Crippen LogP contribution in [0.25, 0.3) is 0 Å². The third kappa shape index (κ3) is 4.47. The lowest BCUT2D eigenvalue weighted by Gasteiger charge is -2.19. The van der Waals surface area contributed by atoms with E-state index in [1.807, 2.05) is 0 Å². The van der Waals surface area contributed by atoms with E-state index in [4.69, 9.17) is 5.11 Å². The van der Waals surface area contributed by atoms with Crippen LogP contribution in [0.4, 0.5) is 0 Å². The van der Waals surface area contributed by atoms with Crippen LogP contribution in [0.2, 0.25) is 0 Å². The molecule has 0 saturated heterocycles. The number of rotatable bonds is 5. The van der Waals surface area contributed by atoms with Crippen LogP contribution in [0.3, 0.4) is 0 Å². The zero-order valence-corrected chi connectivity index (χ0v) is 8.20. The number of carboxylic acid groups (broad SMARTS) is 1. The summed E-state index contributed by atoms with van der Waals surface area (Å²) in [5, 5.41) is 11.2. The monoisotopic (exact) mass is 188 g/mol. The van der Waals surface area contributed by atoms with Crippen molar-refractivity contribution in [1.29, 1.82) is 0 Å². The molecule has 0 bridgehead atoms. The van der Waals surface area contributed by atoms with Gasteiger partial charge in [-0.15, -0.1) is 0 Å². The summed E-state index contributed by atoms with van der Waals surface area (Å²) in [5.74, 6) is -0.986. The van der Waals surface area contributed by atoms with E-state index in [0.717, 1.165) is 0 Å². The summed E-state index contributed by atoms with van der Waals surface area (Å²) in [6.07, 6.45) is -0.0152. The van der Waals surface area contributed by atoms with E-state index in [1.54, 1.807) is 21.0 Å². The topological polar surface area (TPSA) is 69.6 Å². The predicted octanol–water partition coefficient (Wildman–Crippen LogP) is -0.473. The van der Waals surface area contributed by atoms with Crippen molar-refractivity contribution < 1.29 is 14.7 Å². The van der Waals surface area contributed by atoms with Gasteiger partial charge in [0.15, 0.2) is 0 Å². The molecule has 0 aromatic heterocycles. The Morgan fingerprint density at radius 3 is 2.46 bits per heavy atom. The molecule has 5 heteroatoms. The Morgan fingerprint density at radius 1 is 1.54 bits per heavy atom. The molecule has 1 amide bonds. The second-order valence-electron chi connectivity index (χ2n) is 2.91. The minimum atomic E-state index is -0.892. The molecule has 0 aromatic rings. The number of likely N-dealkylation sites (N-methyl/N-ethyl adjacent to an activating group) is 2. The van der Waals surface area contributed by atoms with Gasteiger partial charge >= 0.3 is 5.97 Å². The first-order chi connectivity index (χ1) is 5.99. The second-order valence-corrected chi connectivity index (χ2v) is 2.91. The maximum Gasteiger partial charge on any atom is 0.305 e. The van der Waals surface area contributed by atoms with Gasteiger partial charge in [-0.25, -0.2) is 0 Å². The number of aliphatic carboxylic acids is 1. The van der Waals surface area contributed by atoms with Crippen molar-refractivity contribution in [1.82, 2.24) is 10.2 Å². The first-order valence-corrected chi connectivity index (χ1v) is 4.13. The molecule has 0 aliphatic carbocycles.